The van der Waals surface area contributed by atoms with Crippen LogP contribution in [-0.2, 0) is 0 Å². The number of nitrogens with one attached hydrogen (secondary N) is 1. The van der Waals surface area contributed by atoms with Gasteiger partial charge in [0, 0.05) is 11.8 Å². The molecule has 1 radical (unpaired) electrons. The average Bonchev–Trinajstić information content (AvgIpc) is 2.30. The molecular weight excluding hydrogens is 218 g/mol. The van der Waals surface area contributed by atoms with Gasteiger partial charge in [0.25, 0.3) is 0 Å². The number of rotatable bonds is 2. The smallest absolute Gasteiger partial charge is 0.168 e. The first-order valence-corrected chi connectivity index (χ1v) is 5.17. The van der Waals surface area contributed by atoms with Crippen LogP contribution >= 0.6 is 12.2 Å². The third-order valence-electron chi connectivity index (χ3n) is 2.09. The van der Waals surface area contributed by atoms with E-state index >= 15 is 0 Å². The van der Waals surface area contributed by atoms with Crippen LogP contribution in [0.1, 0.15) is 0 Å². The third-order valence-corrected chi connectivity index (χ3v) is 2.20. The van der Waals surface area contributed by atoms with Crippen LogP contribution in [0.25, 0.3) is 11.1 Å². The fourth-order valence-corrected chi connectivity index (χ4v) is 1.54. The quantitative estimate of drug-likeness (QED) is 0.774. The molecule has 79 valence electrons. The van der Waals surface area contributed by atoms with Crippen LogP contribution in [0.4, 0.5) is 5.69 Å². The van der Waals surface area contributed by atoms with Crippen LogP contribution in [0.3, 0.4) is 0 Å². The van der Waals surface area contributed by atoms with Gasteiger partial charge in [-0.1, -0.05) is 30.3 Å². The van der Waals surface area contributed by atoms with Crippen molar-refractivity contribution in [1.29, 1.82) is 0 Å². The molecule has 0 amide bonds. The molecule has 1 aromatic carbocycles. The van der Waals surface area contributed by atoms with Gasteiger partial charge in [-0.2, -0.15) is 0 Å². The molecule has 0 atom stereocenters. The van der Waals surface area contributed by atoms with Crippen molar-refractivity contribution < 1.29 is 0 Å². The highest BCUT2D eigenvalue weighted by atomic mass is 32.1. The molecule has 0 fully saturated rings. The number of benzene rings is 1. The lowest BCUT2D eigenvalue weighted by Crippen LogP contribution is -2.19. The highest BCUT2D eigenvalue weighted by Gasteiger charge is 2.04. The molecular formula is C12H10N3S. The maximum Gasteiger partial charge on any atom is 0.168 e. The maximum atomic E-state index is 5.44. The molecule has 1 heterocycles. The second kappa shape index (κ2) is 4.72. The van der Waals surface area contributed by atoms with Crippen molar-refractivity contribution in [3.05, 3.63) is 48.8 Å². The Labute approximate surface area is 99.3 Å². The number of thiocarbonyl (C=S) groups is 1. The van der Waals surface area contributed by atoms with Gasteiger partial charge in [-0.05, 0) is 23.8 Å². The molecule has 3 nitrogen and oxygen atoms in total. The zero-order chi connectivity index (χ0) is 11.4. The third kappa shape index (κ3) is 2.35. The van der Waals surface area contributed by atoms with Crippen molar-refractivity contribution in [3.8, 4) is 11.1 Å². The summed E-state index contributed by atoms with van der Waals surface area (Å²) in [7, 11) is 0. The highest BCUT2D eigenvalue weighted by molar-refractivity contribution is 7.80. The van der Waals surface area contributed by atoms with E-state index in [1.807, 2.05) is 36.4 Å². The Kier molecular flexibility index (Phi) is 3.12. The normalized spacial score (nSPS) is 9.75. The number of nitrogens with zero attached hydrogens (tertiary/aromatic N) is 1. The van der Waals surface area contributed by atoms with Crippen LogP contribution in [0, 0.1) is 6.20 Å². The number of hydrogen-bond acceptors (Lipinski definition) is 2. The van der Waals surface area contributed by atoms with E-state index in [-0.39, 0.29) is 5.11 Å². The van der Waals surface area contributed by atoms with Crippen LogP contribution < -0.4 is 11.1 Å². The van der Waals surface area contributed by atoms with E-state index in [1.165, 1.54) is 0 Å². The van der Waals surface area contributed by atoms with E-state index in [1.54, 1.807) is 6.20 Å². The largest absolute Gasteiger partial charge is 0.376 e. The SMILES string of the molecule is NC(=S)Nc1[c]nccc1-c1ccccc1. The zero-order valence-electron chi connectivity index (χ0n) is 8.47. The molecule has 0 unspecified atom stereocenters. The highest BCUT2D eigenvalue weighted by Crippen LogP contribution is 2.25. The number of aromatic nitrogens is 1. The minimum atomic E-state index is 0.210. The first-order valence-electron chi connectivity index (χ1n) is 4.76. The van der Waals surface area contributed by atoms with E-state index in [0.717, 1.165) is 11.1 Å². The standard InChI is InChI=1S/C12H10N3S/c13-12(16)15-11-8-14-7-6-10(11)9-4-2-1-3-5-9/h1-7H,(H3,13,15,16). The lowest BCUT2D eigenvalue weighted by Gasteiger charge is -2.09. The Morgan fingerprint density at radius 1 is 1.25 bits per heavy atom. The molecule has 0 aliphatic rings. The van der Waals surface area contributed by atoms with Gasteiger partial charge >= 0.3 is 0 Å². The molecule has 0 saturated carbocycles. The summed E-state index contributed by atoms with van der Waals surface area (Å²) >= 11 is 4.81. The fraction of sp³-hybridized carbons (Fsp3) is 0. The summed E-state index contributed by atoms with van der Waals surface area (Å²) in [5, 5.41) is 3.07. The Hall–Kier alpha value is -1.94. The predicted molar refractivity (Wildman–Crippen MR) is 68.9 cm³/mol. The molecule has 2 rings (SSSR count). The van der Waals surface area contributed by atoms with Gasteiger partial charge in [-0.3, -0.25) is 4.98 Å². The maximum absolute atomic E-state index is 5.44. The van der Waals surface area contributed by atoms with Gasteiger partial charge in [0.1, 0.15) is 6.20 Å². The molecule has 0 aliphatic carbocycles. The molecule has 0 saturated heterocycles. The van der Waals surface area contributed by atoms with Crippen molar-refractivity contribution in [2.75, 3.05) is 5.32 Å². The van der Waals surface area contributed by atoms with E-state index < -0.39 is 0 Å². The minimum Gasteiger partial charge on any atom is -0.376 e. The van der Waals surface area contributed by atoms with Gasteiger partial charge in [-0.25, -0.2) is 0 Å². The van der Waals surface area contributed by atoms with Crippen LogP contribution in [0.15, 0.2) is 42.6 Å². The summed E-state index contributed by atoms with van der Waals surface area (Å²) < 4.78 is 0. The van der Waals surface area contributed by atoms with Crippen molar-refractivity contribution in [2.45, 2.75) is 0 Å². The molecule has 0 spiro atoms. The monoisotopic (exact) mass is 228 g/mol. The summed E-state index contributed by atoms with van der Waals surface area (Å²) in [4.78, 5) is 3.92. The minimum absolute atomic E-state index is 0.210. The molecule has 4 heteroatoms. The van der Waals surface area contributed by atoms with Crippen molar-refractivity contribution in [2.24, 2.45) is 5.73 Å². The van der Waals surface area contributed by atoms with Gasteiger partial charge in [-0.15, -0.1) is 0 Å². The number of hydrogen-bond donors (Lipinski definition) is 2. The predicted octanol–water partition coefficient (Wildman–Crippen LogP) is 2.20. The summed E-state index contributed by atoms with van der Waals surface area (Å²) in [6, 6.07) is 11.8. The lowest BCUT2D eigenvalue weighted by molar-refractivity contribution is 1.31. The van der Waals surface area contributed by atoms with Gasteiger partial charge in [0.05, 0.1) is 5.69 Å². The van der Waals surface area contributed by atoms with E-state index in [2.05, 4.69) is 16.5 Å². The first kappa shape index (κ1) is 10.6. The second-order valence-corrected chi connectivity index (χ2v) is 3.64. The molecule has 2 aromatic rings. The summed E-state index contributed by atoms with van der Waals surface area (Å²) in [5.74, 6) is 0. The molecule has 1 aromatic heterocycles. The van der Waals surface area contributed by atoms with Gasteiger partial charge in [0.15, 0.2) is 5.11 Å². The van der Waals surface area contributed by atoms with Crippen molar-refractivity contribution in [1.82, 2.24) is 4.98 Å². The van der Waals surface area contributed by atoms with Gasteiger partial charge in [0.2, 0.25) is 0 Å². The summed E-state index contributed by atoms with van der Waals surface area (Å²) in [5.41, 5.74) is 8.18. The topological polar surface area (TPSA) is 50.9 Å². The Morgan fingerprint density at radius 3 is 2.69 bits per heavy atom. The molecule has 0 aliphatic heterocycles. The summed E-state index contributed by atoms with van der Waals surface area (Å²) in [6.07, 6.45) is 4.53. The number of nitrogens with two attached hydrogens (primary N) is 1. The number of pyridine rings is 1. The zero-order valence-corrected chi connectivity index (χ0v) is 9.29. The van der Waals surface area contributed by atoms with E-state index in [4.69, 9.17) is 18.0 Å². The van der Waals surface area contributed by atoms with Crippen LogP contribution in [-0.4, -0.2) is 10.1 Å². The van der Waals surface area contributed by atoms with Crippen molar-refractivity contribution in [3.63, 3.8) is 0 Å². The second-order valence-electron chi connectivity index (χ2n) is 3.20. The Morgan fingerprint density at radius 2 is 2.00 bits per heavy atom. The number of anilines is 1. The van der Waals surface area contributed by atoms with Crippen LogP contribution in [0.5, 0.6) is 0 Å². The van der Waals surface area contributed by atoms with Crippen LogP contribution in [0.2, 0.25) is 0 Å². The van der Waals surface area contributed by atoms with E-state index in [0.29, 0.717) is 5.69 Å². The average molecular weight is 228 g/mol. The van der Waals surface area contributed by atoms with Gasteiger partial charge < -0.3 is 11.1 Å². The van der Waals surface area contributed by atoms with E-state index in [9.17, 15) is 0 Å². The molecule has 3 N–H and O–H groups in total. The molecule has 16 heavy (non-hydrogen) atoms. The van der Waals surface area contributed by atoms with Crippen molar-refractivity contribution >= 4 is 23.0 Å². The summed E-state index contributed by atoms with van der Waals surface area (Å²) in [6.45, 7) is 0. The molecule has 0 bridgehead atoms. The fourth-order valence-electron chi connectivity index (χ4n) is 1.43. The Balaban J connectivity index is 2.44. The Bertz CT molecular complexity index is 497. The lowest BCUT2D eigenvalue weighted by atomic mass is 10.1. The first-order chi connectivity index (χ1) is 7.77.